The lowest BCUT2D eigenvalue weighted by atomic mass is 10.1. The number of anilines is 1. The number of phenols is 1. The monoisotopic (exact) mass is 266 g/mol. The molecule has 3 N–H and O–H groups in total. The molecule has 6 nitrogen and oxygen atoms in total. The van der Waals surface area contributed by atoms with Crippen LogP contribution in [0.3, 0.4) is 0 Å². The molecule has 1 atom stereocenters. The van der Waals surface area contributed by atoms with Crippen LogP contribution in [0.4, 0.5) is 5.69 Å². The number of esters is 1. The standard InChI is InChI=1S/C13H18N2O4/c1-8(13(18)19-3)7-15(2)12(17)9-5-4-6-10(14)11(9)16/h4-6,8,16H,7,14H2,1-3H3. The highest BCUT2D eigenvalue weighted by molar-refractivity contribution is 5.98. The number of carbonyl (C=O) groups is 2. The van der Waals surface area contributed by atoms with E-state index in [1.807, 2.05) is 0 Å². The van der Waals surface area contributed by atoms with Crippen molar-refractivity contribution >= 4 is 17.6 Å². The maximum Gasteiger partial charge on any atom is 0.310 e. The van der Waals surface area contributed by atoms with Gasteiger partial charge in [-0.25, -0.2) is 0 Å². The van der Waals surface area contributed by atoms with E-state index in [2.05, 4.69) is 4.74 Å². The first-order valence-corrected chi connectivity index (χ1v) is 5.79. The summed E-state index contributed by atoms with van der Waals surface area (Å²) in [7, 11) is 2.84. The fraction of sp³-hybridized carbons (Fsp3) is 0.385. The van der Waals surface area contributed by atoms with E-state index in [1.54, 1.807) is 20.0 Å². The number of aromatic hydroxyl groups is 1. The third kappa shape index (κ3) is 3.37. The number of nitrogens with zero attached hydrogens (tertiary/aromatic N) is 1. The highest BCUT2D eigenvalue weighted by Crippen LogP contribution is 2.25. The van der Waals surface area contributed by atoms with Gasteiger partial charge in [0.25, 0.3) is 5.91 Å². The average molecular weight is 266 g/mol. The average Bonchev–Trinajstić information content (AvgIpc) is 2.39. The van der Waals surface area contributed by atoms with Crippen LogP contribution in [0.25, 0.3) is 0 Å². The molecule has 0 saturated heterocycles. The molecule has 1 amide bonds. The minimum Gasteiger partial charge on any atom is -0.505 e. The molecular formula is C13H18N2O4. The number of rotatable bonds is 4. The van der Waals surface area contributed by atoms with Crippen LogP contribution < -0.4 is 5.73 Å². The van der Waals surface area contributed by atoms with Crippen molar-refractivity contribution in [1.29, 1.82) is 0 Å². The predicted molar refractivity (Wildman–Crippen MR) is 70.7 cm³/mol. The van der Waals surface area contributed by atoms with Crippen LogP contribution in [0.2, 0.25) is 0 Å². The lowest BCUT2D eigenvalue weighted by molar-refractivity contribution is -0.145. The molecule has 0 bridgehead atoms. The minimum atomic E-state index is -0.442. The van der Waals surface area contributed by atoms with Crippen LogP contribution >= 0.6 is 0 Å². The van der Waals surface area contributed by atoms with E-state index in [1.165, 1.54) is 24.1 Å². The van der Waals surface area contributed by atoms with Crippen LogP contribution in [0, 0.1) is 5.92 Å². The summed E-state index contributed by atoms with van der Waals surface area (Å²) in [5.74, 6) is -1.48. The normalized spacial score (nSPS) is 11.7. The number of carbonyl (C=O) groups excluding carboxylic acids is 2. The molecule has 0 aliphatic rings. The molecule has 1 unspecified atom stereocenters. The molecule has 6 heteroatoms. The Hall–Kier alpha value is -2.24. The van der Waals surface area contributed by atoms with Crippen LogP contribution in [0.5, 0.6) is 5.75 Å². The zero-order valence-corrected chi connectivity index (χ0v) is 11.2. The van der Waals surface area contributed by atoms with Gasteiger partial charge in [-0.2, -0.15) is 0 Å². The maximum atomic E-state index is 12.1. The first-order chi connectivity index (χ1) is 8.88. The summed E-state index contributed by atoms with van der Waals surface area (Å²) in [4.78, 5) is 24.8. The highest BCUT2D eigenvalue weighted by Gasteiger charge is 2.21. The number of nitrogens with two attached hydrogens (primary N) is 1. The third-order valence-electron chi connectivity index (χ3n) is 2.80. The summed E-state index contributed by atoms with van der Waals surface area (Å²) in [6, 6.07) is 4.57. The summed E-state index contributed by atoms with van der Waals surface area (Å²) in [5.41, 5.74) is 5.78. The van der Waals surface area contributed by atoms with Gasteiger partial charge < -0.3 is 20.5 Å². The van der Waals surface area contributed by atoms with E-state index in [-0.39, 0.29) is 23.5 Å². The molecule has 0 aliphatic heterocycles. The SMILES string of the molecule is COC(=O)C(C)CN(C)C(=O)c1cccc(N)c1O. The van der Waals surface area contributed by atoms with E-state index in [9.17, 15) is 14.7 Å². The van der Waals surface area contributed by atoms with E-state index in [4.69, 9.17) is 5.73 Å². The Balaban J connectivity index is 2.83. The van der Waals surface area contributed by atoms with E-state index >= 15 is 0 Å². The van der Waals surface area contributed by atoms with Gasteiger partial charge in [0, 0.05) is 13.6 Å². The second-order valence-electron chi connectivity index (χ2n) is 4.35. The number of ether oxygens (including phenoxy) is 1. The van der Waals surface area contributed by atoms with Crippen LogP contribution in [-0.2, 0) is 9.53 Å². The predicted octanol–water partition coefficient (Wildman–Crippen LogP) is 0.855. The van der Waals surface area contributed by atoms with E-state index in [0.717, 1.165) is 0 Å². The van der Waals surface area contributed by atoms with Crippen LogP contribution in [-0.4, -0.2) is 42.6 Å². The summed E-state index contributed by atoms with van der Waals surface area (Å²) in [6.07, 6.45) is 0. The fourth-order valence-electron chi connectivity index (χ4n) is 1.71. The molecule has 1 aromatic carbocycles. The molecule has 1 aromatic rings. The molecule has 0 aliphatic carbocycles. The fourth-order valence-corrected chi connectivity index (χ4v) is 1.71. The molecule has 0 aromatic heterocycles. The molecule has 1 rings (SSSR count). The number of para-hydroxylation sites is 1. The van der Waals surface area contributed by atoms with Crippen LogP contribution in [0.1, 0.15) is 17.3 Å². The Bertz CT molecular complexity index is 488. The Morgan fingerprint density at radius 2 is 2.11 bits per heavy atom. The minimum absolute atomic E-state index is 0.111. The molecule has 19 heavy (non-hydrogen) atoms. The summed E-state index contributed by atoms with van der Waals surface area (Å²) in [5, 5.41) is 9.74. The van der Waals surface area contributed by atoms with Crippen molar-refractivity contribution in [3.8, 4) is 5.75 Å². The van der Waals surface area contributed by atoms with E-state index in [0.29, 0.717) is 0 Å². The van der Waals surface area contributed by atoms with Crippen molar-refractivity contribution in [1.82, 2.24) is 4.90 Å². The molecular weight excluding hydrogens is 248 g/mol. The van der Waals surface area contributed by atoms with Gasteiger partial charge in [0.15, 0.2) is 5.75 Å². The number of hydrogen-bond donors (Lipinski definition) is 2. The van der Waals surface area contributed by atoms with Crippen molar-refractivity contribution in [2.45, 2.75) is 6.92 Å². The van der Waals surface area contributed by atoms with Gasteiger partial charge in [0.05, 0.1) is 24.3 Å². The second kappa shape index (κ2) is 6.08. The first-order valence-electron chi connectivity index (χ1n) is 5.79. The number of benzene rings is 1. The molecule has 104 valence electrons. The number of hydrogen-bond acceptors (Lipinski definition) is 5. The number of methoxy groups -OCH3 is 1. The largest absolute Gasteiger partial charge is 0.505 e. The topological polar surface area (TPSA) is 92.9 Å². The smallest absolute Gasteiger partial charge is 0.310 e. The van der Waals surface area contributed by atoms with Crippen molar-refractivity contribution in [2.75, 3.05) is 26.4 Å². The zero-order chi connectivity index (χ0) is 14.6. The Morgan fingerprint density at radius 3 is 2.68 bits per heavy atom. The van der Waals surface area contributed by atoms with Gasteiger partial charge in [0.2, 0.25) is 0 Å². The van der Waals surface area contributed by atoms with Crippen molar-refractivity contribution in [3.63, 3.8) is 0 Å². The van der Waals surface area contributed by atoms with Gasteiger partial charge in [-0.3, -0.25) is 9.59 Å². The second-order valence-corrected chi connectivity index (χ2v) is 4.35. The number of phenolic OH excluding ortho intramolecular Hbond substituents is 1. The summed E-state index contributed by atoms with van der Waals surface area (Å²) < 4.78 is 4.59. The molecule has 0 spiro atoms. The molecule has 0 saturated carbocycles. The van der Waals surface area contributed by atoms with Gasteiger partial charge in [-0.05, 0) is 12.1 Å². The molecule has 0 radical (unpaired) electrons. The Kier molecular flexibility index (Phi) is 4.74. The summed E-state index contributed by atoms with van der Waals surface area (Å²) >= 11 is 0. The quantitative estimate of drug-likeness (QED) is 0.479. The first kappa shape index (κ1) is 14.8. The zero-order valence-electron chi connectivity index (χ0n) is 11.2. The van der Waals surface area contributed by atoms with Gasteiger partial charge >= 0.3 is 5.97 Å². The molecule has 0 fully saturated rings. The van der Waals surface area contributed by atoms with Crippen molar-refractivity contribution < 1.29 is 19.4 Å². The summed E-state index contributed by atoms with van der Waals surface area (Å²) in [6.45, 7) is 1.86. The van der Waals surface area contributed by atoms with Gasteiger partial charge in [-0.15, -0.1) is 0 Å². The third-order valence-corrected chi connectivity index (χ3v) is 2.80. The number of nitrogen functional groups attached to an aromatic ring is 1. The lowest BCUT2D eigenvalue weighted by Gasteiger charge is -2.21. The van der Waals surface area contributed by atoms with Crippen molar-refractivity contribution in [3.05, 3.63) is 23.8 Å². The van der Waals surface area contributed by atoms with Crippen molar-refractivity contribution in [2.24, 2.45) is 5.92 Å². The maximum absolute atomic E-state index is 12.1. The van der Waals surface area contributed by atoms with Gasteiger partial charge in [-0.1, -0.05) is 13.0 Å². The Morgan fingerprint density at radius 1 is 1.47 bits per heavy atom. The number of amides is 1. The highest BCUT2D eigenvalue weighted by atomic mass is 16.5. The molecule has 0 heterocycles. The van der Waals surface area contributed by atoms with Crippen LogP contribution in [0.15, 0.2) is 18.2 Å². The van der Waals surface area contributed by atoms with E-state index < -0.39 is 17.8 Å². The van der Waals surface area contributed by atoms with Gasteiger partial charge in [0.1, 0.15) is 0 Å². The lowest BCUT2D eigenvalue weighted by Crippen LogP contribution is -2.34. The Labute approximate surface area is 111 Å².